The van der Waals surface area contributed by atoms with Gasteiger partial charge in [-0.25, -0.2) is 0 Å². The summed E-state index contributed by atoms with van der Waals surface area (Å²) in [5.41, 5.74) is 0. The van der Waals surface area contributed by atoms with Gasteiger partial charge in [-0.1, -0.05) is 20.3 Å². The fraction of sp³-hybridized carbons (Fsp3) is 1.00. The summed E-state index contributed by atoms with van der Waals surface area (Å²) in [4.78, 5) is 2.31. The molecule has 0 aromatic heterocycles. The van der Waals surface area contributed by atoms with Crippen molar-refractivity contribution in [2.45, 2.75) is 26.7 Å². The van der Waals surface area contributed by atoms with Gasteiger partial charge in [-0.15, -0.1) is 0 Å². The lowest BCUT2D eigenvalue weighted by Crippen LogP contribution is -2.31. The predicted molar refractivity (Wildman–Crippen MR) is 46.1 cm³/mol. The van der Waals surface area contributed by atoms with E-state index in [9.17, 15) is 0 Å². The molecule has 0 bridgehead atoms. The molecule has 2 heteroatoms. The molecule has 0 spiro atoms. The van der Waals surface area contributed by atoms with Gasteiger partial charge in [-0.05, 0) is 26.6 Å². The van der Waals surface area contributed by atoms with Crippen LogP contribution in [0.5, 0.6) is 0 Å². The van der Waals surface area contributed by atoms with Gasteiger partial charge in [0.05, 0.1) is 0 Å². The fourth-order valence-electron chi connectivity index (χ4n) is 0.810. The van der Waals surface area contributed by atoms with Crippen molar-refractivity contribution in [3.05, 3.63) is 0 Å². The number of unbranched alkanes of at least 4 members (excludes halogenated alkanes) is 1. The third-order valence-electron chi connectivity index (χ3n) is 1.53. The fourth-order valence-corrected chi connectivity index (χ4v) is 0.810. The molecule has 0 radical (unpaired) electrons. The zero-order valence-corrected chi connectivity index (χ0v) is 7.48. The molecule has 0 amide bonds. The van der Waals surface area contributed by atoms with E-state index in [0.717, 1.165) is 13.2 Å². The van der Waals surface area contributed by atoms with Gasteiger partial charge in [0.1, 0.15) is 0 Å². The van der Waals surface area contributed by atoms with Crippen molar-refractivity contribution in [3.8, 4) is 0 Å². The first kappa shape index (κ1) is 9.92. The van der Waals surface area contributed by atoms with E-state index in [0.29, 0.717) is 0 Å². The summed E-state index contributed by atoms with van der Waals surface area (Å²) in [6.07, 6.45) is 2.60. The lowest BCUT2D eigenvalue weighted by Gasteiger charge is -2.15. The third-order valence-corrected chi connectivity index (χ3v) is 1.53. The molecule has 62 valence electrons. The molecule has 0 heterocycles. The van der Waals surface area contributed by atoms with Crippen LogP contribution in [0.3, 0.4) is 0 Å². The average molecular weight is 144 g/mol. The molecule has 0 atom stereocenters. The molecule has 0 aliphatic rings. The normalized spacial score (nSPS) is 10.8. The Bertz CT molecular complexity index is 56.3. The van der Waals surface area contributed by atoms with Gasteiger partial charge in [0.2, 0.25) is 0 Å². The van der Waals surface area contributed by atoms with Crippen molar-refractivity contribution >= 4 is 0 Å². The van der Waals surface area contributed by atoms with E-state index in [1.165, 1.54) is 19.4 Å². The van der Waals surface area contributed by atoms with Gasteiger partial charge in [0, 0.05) is 6.67 Å². The quantitative estimate of drug-likeness (QED) is 0.565. The Hall–Kier alpha value is -0.0800. The molecule has 2 nitrogen and oxygen atoms in total. The number of hydrogen-bond donors (Lipinski definition) is 1. The predicted octanol–water partition coefficient (Wildman–Crippen LogP) is 1.29. The van der Waals surface area contributed by atoms with Gasteiger partial charge in [-0.2, -0.15) is 0 Å². The van der Waals surface area contributed by atoms with E-state index in [1.807, 2.05) is 0 Å². The third kappa shape index (κ3) is 6.05. The maximum atomic E-state index is 3.28. The van der Waals surface area contributed by atoms with Gasteiger partial charge >= 0.3 is 0 Å². The monoisotopic (exact) mass is 144 g/mol. The van der Waals surface area contributed by atoms with Crippen molar-refractivity contribution in [2.75, 3.05) is 26.8 Å². The molecule has 0 aliphatic heterocycles. The standard InChI is InChI=1S/C8H20N2/c1-4-6-7-10(3)8-9-5-2/h9H,4-8H2,1-3H3. The Kier molecular flexibility index (Phi) is 6.98. The minimum absolute atomic E-state index is 1.02. The Balaban J connectivity index is 3.00. The number of hydrogen-bond acceptors (Lipinski definition) is 2. The first-order valence-corrected chi connectivity index (χ1v) is 4.20. The van der Waals surface area contributed by atoms with Crippen LogP contribution in [-0.4, -0.2) is 31.7 Å². The first-order chi connectivity index (χ1) is 4.81. The zero-order valence-electron chi connectivity index (χ0n) is 7.48. The molecular formula is C8H20N2. The summed E-state index contributed by atoms with van der Waals surface area (Å²) in [7, 11) is 2.15. The smallest absolute Gasteiger partial charge is 0.0477 e. The van der Waals surface area contributed by atoms with Gasteiger partial charge in [0.25, 0.3) is 0 Å². The lowest BCUT2D eigenvalue weighted by molar-refractivity contribution is 0.305. The van der Waals surface area contributed by atoms with Crippen molar-refractivity contribution in [2.24, 2.45) is 0 Å². The topological polar surface area (TPSA) is 15.3 Å². The summed E-state index contributed by atoms with van der Waals surface area (Å²) in [6.45, 7) is 7.66. The summed E-state index contributed by atoms with van der Waals surface area (Å²) in [5, 5.41) is 3.28. The van der Waals surface area contributed by atoms with Crippen LogP contribution < -0.4 is 5.32 Å². The van der Waals surface area contributed by atoms with Gasteiger partial charge in [-0.3, -0.25) is 4.90 Å². The van der Waals surface area contributed by atoms with E-state index in [2.05, 4.69) is 31.1 Å². The molecule has 0 rings (SSSR count). The summed E-state index contributed by atoms with van der Waals surface area (Å²) >= 11 is 0. The molecule has 0 aromatic rings. The van der Waals surface area contributed by atoms with Crippen molar-refractivity contribution in [3.63, 3.8) is 0 Å². The number of rotatable bonds is 6. The van der Waals surface area contributed by atoms with Crippen LogP contribution in [0.1, 0.15) is 26.7 Å². The zero-order chi connectivity index (χ0) is 7.82. The van der Waals surface area contributed by atoms with Gasteiger partial charge < -0.3 is 5.32 Å². The van der Waals surface area contributed by atoms with Crippen LogP contribution >= 0.6 is 0 Å². The maximum Gasteiger partial charge on any atom is 0.0477 e. The highest BCUT2D eigenvalue weighted by Gasteiger charge is 1.93. The van der Waals surface area contributed by atoms with Gasteiger partial charge in [0.15, 0.2) is 0 Å². The highest BCUT2D eigenvalue weighted by atomic mass is 15.2. The second-order valence-corrected chi connectivity index (χ2v) is 2.69. The van der Waals surface area contributed by atoms with Crippen LogP contribution in [0.2, 0.25) is 0 Å². The molecule has 0 saturated heterocycles. The molecule has 0 aliphatic carbocycles. The van der Waals surface area contributed by atoms with Crippen LogP contribution in [0.15, 0.2) is 0 Å². The molecular weight excluding hydrogens is 124 g/mol. The minimum atomic E-state index is 1.02. The van der Waals surface area contributed by atoms with E-state index < -0.39 is 0 Å². The molecule has 0 aromatic carbocycles. The summed E-state index contributed by atoms with van der Waals surface area (Å²) < 4.78 is 0. The summed E-state index contributed by atoms with van der Waals surface area (Å²) in [5.74, 6) is 0. The Morgan fingerprint density at radius 3 is 2.50 bits per heavy atom. The second-order valence-electron chi connectivity index (χ2n) is 2.69. The van der Waals surface area contributed by atoms with Crippen LogP contribution in [0, 0.1) is 0 Å². The highest BCUT2D eigenvalue weighted by molar-refractivity contribution is 4.47. The van der Waals surface area contributed by atoms with Crippen molar-refractivity contribution < 1.29 is 0 Å². The molecule has 10 heavy (non-hydrogen) atoms. The molecule has 0 fully saturated rings. The number of nitrogens with zero attached hydrogens (tertiary/aromatic N) is 1. The average Bonchev–Trinajstić information content (AvgIpc) is 1.97. The lowest BCUT2D eigenvalue weighted by atomic mass is 10.3. The van der Waals surface area contributed by atoms with E-state index >= 15 is 0 Å². The Labute approximate surface area is 64.6 Å². The van der Waals surface area contributed by atoms with E-state index in [-0.39, 0.29) is 0 Å². The molecule has 0 saturated carbocycles. The highest BCUT2D eigenvalue weighted by Crippen LogP contribution is 1.88. The van der Waals surface area contributed by atoms with Crippen molar-refractivity contribution in [1.82, 2.24) is 10.2 Å². The summed E-state index contributed by atoms with van der Waals surface area (Å²) in [6, 6.07) is 0. The second kappa shape index (κ2) is 7.03. The minimum Gasteiger partial charge on any atom is -0.305 e. The Morgan fingerprint density at radius 2 is 2.00 bits per heavy atom. The van der Waals surface area contributed by atoms with Crippen molar-refractivity contribution in [1.29, 1.82) is 0 Å². The van der Waals surface area contributed by atoms with Crippen LogP contribution in [0.25, 0.3) is 0 Å². The van der Waals surface area contributed by atoms with Crippen LogP contribution in [0.4, 0.5) is 0 Å². The van der Waals surface area contributed by atoms with E-state index in [1.54, 1.807) is 0 Å². The largest absolute Gasteiger partial charge is 0.305 e. The maximum absolute atomic E-state index is 3.28. The van der Waals surface area contributed by atoms with E-state index in [4.69, 9.17) is 0 Å². The Morgan fingerprint density at radius 1 is 1.30 bits per heavy atom. The molecule has 1 N–H and O–H groups in total. The SMILES string of the molecule is CCCCN(C)CNCC. The number of nitrogens with one attached hydrogen (secondary N) is 1. The first-order valence-electron chi connectivity index (χ1n) is 4.20. The van der Waals surface area contributed by atoms with Crippen LogP contribution in [-0.2, 0) is 0 Å². The molecule has 0 unspecified atom stereocenters.